The molecule has 0 aliphatic heterocycles. The minimum absolute atomic E-state index is 0.235. The van der Waals surface area contributed by atoms with Crippen molar-refractivity contribution >= 4 is 17.2 Å². The third kappa shape index (κ3) is 3.30. The van der Waals surface area contributed by atoms with Gasteiger partial charge in [0.2, 0.25) is 0 Å². The molecule has 5 heteroatoms. The molecule has 116 valence electrons. The quantitative estimate of drug-likeness (QED) is 0.910. The molecule has 22 heavy (non-hydrogen) atoms. The second-order valence-corrected chi connectivity index (χ2v) is 6.98. The Morgan fingerprint density at radius 1 is 1.50 bits per heavy atom. The molecule has 2 heterocycles. The molecular weight excluding hydrogens is 296 g/mol. The number of nitrogens with one attached hydrogen (secondary N) is 2. The lowest BCUT2D eigenvalue weighted by molar-refractivity contribution is 0.0952. The summed E-state index contributed by atoms with van der Waals surface area (Å²) < 4.78 is 0. The van der Waals surface area contributed by atoms with Gasteiger partial charge in [0.25, 0.3) is 11.5 Å². The van der Waals surface area contributed by atoms with E-state index in [1.807, 2.05) is 17.5 Å². The summed E-state index contributed by atoms with van der Waals surface area (Å²) in [5.41, 5.74) is 2.07. The normalized spacial score (nSPS) is 17.0. The number of H-pyrrole nitrogens is 1. The molecule has 2 aromatic heterocycles. The van der Waals surface area contributed by atoms with Crippen LogP contribution in [0.3, 0.4) is 0 Å². The fourth-order valence-electron chi connectivity index (χ4n) is 2.90. The van der Waals surface area contributed by atoms with E-state index in [4.69, 9.17) is 0 Å². The predicted octanol–water partition coefficient (Wildman–Crippen LogP) is 2.53. The van der Waals surface area contributed by atoms with Gasteiger partial charge in [-0.15, -0.1) is 11.3 Å². The number of rotatable bonds is 4. The van der Waals surface area contributed by atoms with Crippen LogP contribution in [0.5, 0.6) is 0 Å². The van der Waals surface area contributed by atoms with Gasteiger partial charge in [0.05, 0.1) is 0 Å². The van der Waals surface area contributed by atoms with E-state index in [9.17, 15) is 9.59 Å². The molecule has 2 N–H and O–H groups in total. The Bertz CT molecular complexity index is 719. The minimum Gasteiger partial charge on any atom is -0.352 e. The van der Waals surface area contributed by atoms with Crippen LogP contribution >= 0.6 is 11.3 Å². The first kappa shape index (κ1) is 15.0. The topological polar surface area (TPSA) is 62.0 Å². The lowest BCUT2D eigenvalue weighted by atomic mass is 9.87. The smallest absolute Gasteiger partial charge is 0.261 e. The Morgan fingerprint density at radius 3 is 3.14 bits per heavy atom. The molecule has 3 rings (SSSR count). The zero-order valence-electron chi connectivity index (χ0n) is 12.6. The average Bonchev–Trinajstić information content (AvgIpc) is 3.00. The predicted molar refractivity (Wildman–Crippen MR) is 88.6 cm³/mol. The molecule has 0 saturated carbocycles. The van der Waals surface area contributed by atoms with Crippen molar-refractivity contribution in [2.24, 2.45) is 5.92 Å². The summed E-state index contributed by atoms with van der Waals surface area (Å²) in [6.07, 6.45) is 3.71. The number of aryl methyl sites for hydroxylation is 1. The van der Waals surface area contributed by atoms with E-state index in [0.717, 1.165) is 36.9 Å². The van der Waals surface area contributed by atoms with Crippen molar-refractivity contribution in [2.75, 3.05) is 6.54 Å². The highest BCUT2D eigenvalue weighted by Gasteiger charge is 2.19. The Hall–Kier alpha value is -1.88. The SMILES string of the molecule is C[C@H]1CCc2[nH]c(=O)c(C(=O)NCCc3cccs3)cc2C1. The molecule has 0 aromatic carbocycles. The number of pyridine rings is 1. The van der Waals surface area contributed by atoms with Gasteiger partial charge in [-0.3, -0.25) is 9.59 Å². The first-order valence-electron chi connectivity index (χ1n) is 7.69. The van der Waals surface area contributed by atoms with Gasteiger partial charge in [0.15, 0.2) is 0 Å². The number of aromatic nitrogens is 1. The van der Waals surface area contributed by atoms with Gasteiger partial charge in [-0.05, 0) is 54.7 Å². The third-order valence-corrected chi connectivity index (χ3v) is 5.09. The monoisotopic (exact) mass is 316 g/mol. The summed E-state index contributed by atoms with van der Waals surface area (Å²) in [6, 6.07) is 5.82. The van der Waals surface area contributed by atoms with Crippen LogP contribution in [0.15, 0.2) is 28.4 Å². The van der Waals surface area contributed by atoms with Gasteiger partial charge in [0, 0.05) is 17.1 Å². The van der Waals surface area contributed by atoms with Crippen molar-refractivity contribution in [2.45, 2.75) is 32.6 Å². The number of amides is 1. The van der Waals surface area contributed by atoms with E-state index >= 15 is 0 Å². The largest absolute Gasteiger partial charge is 0.352 e. The summed E-state index contributed by atoms with van der Waals surface area (Å²) in [4.78, 5) is 28.4. The summed E-state index contributed by atoms with van der Waals surface area (Å²) >= 11 is 1.67. The molecule has 4 nitrogen and oxygen atoms in total. The molecule has 0 unspecified atom stereocenters. The van der Waals surface area contributed by atoms with Gasteiger partial charge in [-0.2, -0.15) is 0 Å². The molecule has 1 aliphatic rings. The van der Waals surface area contributed by atoms with Crippen LogP contribution in [-0.2, 0) is 19.3 Å². The second kappa shape index (κ2) is 6.48. The molecule has 0 bridgehead atoms. The molecular formula is C17H20N2O2S. The number of thiophene rings is 1. The van der Waals surface area contributed by atoms with E-state index in [1.165, 1.54) is 4.88 Å². The number of hydrogen-bond acceptors (Lipinski definition) is 3. The van der Waals surface area contributed by atoms with E-state index < -0.39 is 0 Å². The fraction of sp³-hybridized carbons (Fsp3) is 0.412. The maximum absolute atomic E-state index is 12.2. The summed E-state index contributed by atoms with van der Waals surface area (Å²) in [5.74, 6) is 0.326. The second-order valence-electron chi connectivity index (χ2n) is 5.95. The number of aromatic amines is 1. The van der Waals surface area contributed by atoms with Crippen LogP contribution in [-0.4, -0.2) is 17.4 Å². The lowest BCUT2D eigenvalue weighted by Gasteiger charge is -2.21. The van der Waals surface area contributed by atoms with Crippen molar-refractivity contribution in [1.82, 2.24) is 10.3 Å². The maximum Gasteiger partial charge on any atom is 0.261 e. The summed E-state index contributed by atoms with van der Waals surface area (Å²) in [7, 11) is 0. The fourth-order valence-corrected chi connectivity index (χ4v) is 3.61. The highest BCUT2D eigenvalue weighted by molar-refractivity contribution is 7.09. The van der Waals surface area contributed by atoms with Gasteiger partial charge < -0.3 is 10.3 Å². The molecule has 0 radical (unpaired) electrons. The molecule has 0 saturated heterocycles. The zero-order valence-corrected chi connectivity index (χ0v) is 13.5. The van der Waals surface area contributed by atoms with Gasteiger partial charge in [-0.1, -0.05) is 13.0 Å². The van der Waals surface area contributed by atoms with E-state index in [-0.39, 0.29) is 17.0 Å². The van der Waals surface area contributed by atoms with Crippen LogP contribution in [0, 0.1) is 5.92 Å². The number of carbonyl (C=O) groups excluding carboxylic acids is 1. The highest BCUT2D eigenvalue weighted by atomic mass is 32.1. The number of hydrogen-bond donors (Lipinski definition) is 2. The van der Waals surface area contributed by atoms with Crippen LogP contribution in [0.2, 0.25) is 0 Å². The molecule has 1 amide bonds. The first-order chi connectivity index (χ1) is 10.6. The van der Waals surface area contributed by atoms with E-state index in [0.29, 0.717) is 12.5 Å². The van der Waals surface area contributed by atoms with Crippen LogP contribution in [0.1, 0.15) is 39.8 Å². The molecule has 0 spiro atoms. The van der Waals surface area contributed by atoms with Gasteiger partial charge in [0.1, 0.15) is 5.56 Å². The maximum atomic E-state index is 12.2. The molecule has 2 aromatic rings. The number of carbonyl (C=O) groups is 1. The van der Waals surface area contributed by atoms with Crippen molar-refractivity contribution in [1.29, 1.82) is 0 Å². The van der Waals surface area contributed by atoms with E-state index in [2.05, 4.69) is 17.2 Å². The minimum atomic E-state index is -0.279. The van der Waals surface area contributed by atoms with Crippen LogP contribution in [0.4, 0.5) is 0 Å². The zero-order chi connectivity index (χ0) is 15.5. The summed E-state index contributed by atoms with van der Waals surface area (Å²) in [5, 5.41) is 4.86. The Morgan fingerprint density at radius 2 is 2.36 bits per heavy atom. The van der Waals surface area contributed by atoms with Crippen molar-refractivity contribution in [3.63, 3.8) is 0 Å². The van der Waals surface area contributed by atoms with Crippen molar-refractivity contribution in [3.8, 4) is 0 Å². The first-order valence-corrected chi connectivity index (χ1v) is 8.57. The standard InChI is InChI=1S/C17H20N2O2S/c1-11-4-5-15-12(9-11)10-14(17(21)19-15)16(20)18-7-6-13-3-2-8-22-13/h2-3,8,10-11H,4-7,9H2,1H3,(H,18,20)(H,19,21)/t11-/m0/s1. The van der Waals surface area contributed by atoms with Crippen molar-refractivity contribution < 1.29 is 4.79 Å². The Kier molecular flexibility index (Phi) is 4.43. The Labute approximate surface area is 133 Å². The van der Waals surface area contributed by atoms with Gasteiger partial charge >= 0.3 is 0 Å². The third-order valence-electron chi connectivity index (χ3n) is 4.15. The lowest BCUT2D eigenvalue weighted by Crippen LogP contribution is -2.32. The average molecular weight is 316 g/mol. The molecule has 1 atom stereocenters. The van der Waals surface area contributed by atoms with E-state index in [1.54, 1.807) is 17.4 Å². The van der Waals surface area contributed by atoms with Crippen LogP contribution in [0.25, 0.3) is 0 Å². The highest BCUT2D eigenvalue weighted by Crippen LogP contribution is 2.23. The van der Waals surface area contributed by atoms with Gasteiger partial charge in [-0.25, -0.2) is 0 Å². The summed E-state index contributed by atoms with van der Waals surface area (Å²) in [6.45, 7) is 2.75. The van der Waals surface area contributed by atoms with Crippen molar-refractivity contribution in [3.05, 3.63) is 55.6 Å². The molecule has 0 fully saturated rings. The van der Waals surface area contributed by atoms with Crippen LogP contribution < -0.4 is 10.9 Å². The molecule has 1 aliphatic carbocycles. The Balaban J connectivity index is 1.69. The number of fused-ring (bicyclic) bond motifs is 1.